The van der Waals surface area contributed by atoms with Crippen LogP contribution in [0.15, 0.2) is 128 Å². The highest BCUT2D eigenvalue weighted by Crippen LogP contribution is 2.53. The van der Waals surface area contributed by atoms with Gasteiger partial charge in [-0.2, -0.15) is 0 Å². The van der Waals surface area contributed by atoms with E-state index in [0.29, 0.717) is 0 Å². The summed E-state index contributed by atoms with van der Waals surface area (Å²) in [6.07, 6.45) is 4.01. The molecule has 44 heavy (non-hydrogen) atoms. The summed E-state index contributed by atoms with van der Waals surface area (Å²) in [5.74, 6) is 0. The lowest BCUT2D eigenvalue weighted by Crippen LogP contribution is -2.15. The van der Waals surface area contributed by atoms with E-state index in [1.807, 2.05) is 6.20 Å². The maximum absolute atomic E-state index is 4.68. The molecule has 0 saturated heterocycles. The summed E-state index contributed by atoms with van der Waals surface area (Å²) >= 11 is 0. The zero-order valence-corrected chi connectivity index (χ0v) is 25.6. The van der Waals surface area contributed by atoms with Crippen LogP contribution in [0, 0.1) is 0 Å². The predicted octanol–water partition coefficient (Wildman–Crippen LogP) is 11.3. The van der Waals surface area contributed by atoms with E-state index in [2.05, 4.69) is 154 Å². The summed E-state index contributed by atoms with van der Waals surface area (Å²) in [4.78, 5) is 4.68. The molecule has 2 aliphatic rings. The number of fused-ring (bicyclic) bond motifs is 8. The maximum atomic E-state index is 4.68. The summed E-state index contributed by atoms with van der Waals surface area (Å²) in [5, 5.41) is 4.97. The molecule has 1 nitrogen and oxygen atoms in total. The van der Waals surface area contributed by atoms with Crippen LogP contribution in [0.2, 0.25) is 0 Å². The van der Waals surface area contributed by atoms with Gasteiger partial charge in [0.2, 0.25) is 0 Å². The number of hydrogen-bond donors (Lipinski definition) is 0. The fraction of sp³-hybridized carbons (Fsp3) is 0.140. The lowest BCUT2D eigenvalue weighted by Gasteiger charge is -2.24. The first-order valence-corrected chi connectivity index (χ1v) is 15.6. The topological polar surface area (TPSA) is 12.9 Å². The largest absolute Gasteiger partial charge is 0.264 e. The Morgan fingerprint density at radius 2 is 0.841 bits per heavy atom. The molecule has 6 aromatic carbocycles. The van der Waals surface area contributed by atoms with Crippen molar-refractivity contribution in [3.63, 3.8) is 0 Å². The molecular weight excluding hydrogens is 530 g/mol. The predicted molar refractivity (Wildman–Crippen MR) is 185 cm³/mol. The smallest absolute Gasteiger partial charge is 0.0353 e. The Labute approximate surface area is 258 Å². The maximum Gasteiger partial charge on any atom is 0.0353 e. The second-order valence-electron chi connectivity index (χ2n) is 13.6. The number of pyridine rings is 1. The summed E-state index contributed by atoms with van der Waals surface area (Å²) in [7, 11) is 0. The van der Waals surface area contributed by atoms with Crippen molar-refractivity contribution in [3.05, 3.63) is 150 Å². The molecule has 0 N–H and O–H groups in total. The molecule has 0 atom stereocenters. The molecule has 1 heteroatoms. The van der Waals surface area contributed by atoms with Crippen molar-refractivity contribution in [1.29, 1.82) is 0 Å². The van der Waals surface area contributed by atoms with E-state index < -0.39 is 0 Å². The van der Waals surface area contributed by atoms with E-state index in [1.54, 1.807) is 0 Å². The number of nitrogens with zero attached hydrogens (tertiary/aromatic N) is 1. The molecule has 9 rings (SSSR count). The van der Waals surface area contributed by atoms with Gasteiger partial charge in [-0.25, -0.2) is 0 Å². The van der Waals surface area contributed by atoms with Crippen LogP contribution < -0.4 is 0 Å². The number of rotatable bonds is 2. The molecule has 1 aromatic heterocycles. The molecule has 0 radical (unpaired) electrons. The standard InChI is InChI=1S/C43H33N/c1-42(2)36-15-9-7-11-28(36)30-19-17-26(23-38(30)42)40-32-13-5-6-14-33(32)41(35-25-44-22-21-34(35)40)27-18-20-31-29-12-8-10-16-37(29)43(3,4)39(31)24-27/h5-25H,1-4H3. The van der Waals surface area contributed by atoms with Crippen LogP contribution in [-0.4, -0.2) is 4.98 Å². The van der Waals surface area contributed by atoms with Crippen molar-refractivity contribution in [2.75, 3.05) is 0 Å². The fourth-order valence-corrected chi connectivity index (χ4v) is 8.36. The van der Waals surface area contributed by atoms with Crippen LogP contribution in [0.25, 0.3) is 66.1 Å². The third-order valence-electron chi connectivity index (χ3n) is 10.6. The minimum Gasteiger partial charge on any atom is -0.264 e. The SMILES string of the molecule is CC1(C)c2ccccc2-c2ccc(-c3c4ccccc4c(-c4ccc5c(c4)C(C)(C)c4ccccc4-5)c4cnccc34)cc21. The van der Waals surface area contributed by atoms with Gasteiger partial charge in [0.15, 0.2) is 0 Å². The molecular formula is C43H33N. The van der Waals surface area contributed by atoms with Crippen LogP contribution in [0.5, 0.6) is 0 Å². The molecule has 1 heterocycles. The third kappa shape index (κ3) is 3.27. The van der Waals surface area contributed by atoms with Gasteiger partial charge in [-0.05, 0) is 101 Å². The molecule has 0 unspecified atom stereocenters. The van der Waals surface area contributed by atoms with Crippen molar-refractivity contribution in [1.82, 2.24) is 4.98 Å². The Morgan fingerprint density at radius 1 is 0.409 bits per heavy atom. The van der Waals surface area contributed by atoms with E-state index in [-0.39, 0.29) is 10.8 Å². The zero-order valence-electron chi connectivity index (χ0n) is 25.6. The third-order valence-corrected chi connectivity index (χ3v) is 10.6. The molecule has 210 valence electrons. The highest BCUT2D eigenvalue weighted by atomic mass is 14.6. The molecule has 0 spiro atoms. The second-order valence-corrected chi connectivity index (χ2v) is 13.6. The first-order valence-electron chi connectivity index (χ1n) is 15.6. The van der Waals surface area contributed by atoms with Gasteiger partial charge in [-0.3, -0.25) is 4.98 Å². The van der Waals surface area contributed by atoms with Gasteiger partial charge in [-0.1, -0.05) is 125 Å². The zero-order chi connectivity index (χ0) is 29.8. The summed E-state index contributed by atoms with van der Waals surface area (Å²) in [6.45, 7) is 9.43. The highest BCUT2D eigenvalue weighted by Gasteiger charge is 2.37. The lowest BCUT2D eigenvalue weighted by atomic mass is 9.79. The van der Waals surface area contributed by atoms with Gasteiger partial charge in [0.1, 0.15) is 0 Å². The highest BCUT2D eigenvalue weighted by molar-refractivity contribution is 6.21. The van der Waals surface area contributed by atoms with Crippen LogP contribution in [0.3, 0.4) is 0 Å². The van der Waals surface area contributed by atoms with E-state index >= 15 is 0 Å². The van der Waals surface area contributed by atoms with Gasteiger partial charge in [-0.15, -0.1) is 0 Å². The van der Waals surface area contributed by atoms with Crippen molar-refractivity contribution < 1.29 is 0 Å². The Bertz CT molecular complexity index is 2110. The number of benzene rings is 6. The Morgan fingerprint density at radius 3 is 1.39 bits per heavy atom. The summed E-state index contributed by atoms with van der Waals surface area (Å²) in [5.41, 5.74) is 15.9. The number of hydrogen-bond acceptors (Lipinski definition) is 1. The monoisotopic (exact) mass is 563 g/mol. The van der Waals surface area contributed by atoms with Crippen molar-refractivity contribution in [2.24, 2.45) is 0 Å². The van der Waals surface area contributed by atoms with Crippen LogP contribution in [-0.2, 0) is 10.8 Å². The minimum absolute atomic E-state index is 0.0517. The van der Waals surface area contributed by atoms with Gasteiger partial charge in [0, 0.05) is 28.6 Å². The molecule has 0 aliphatic heterocycles. The fourth-order valence-electron chi connectivity index (χ4n) is 8.36. The first kappa shape index (κ1) is 25.5. The van der Waals surface area contributed by atoms with E-state index in [9.17, 15) is 0 Å². The van der Waals surface area contributed by atoms with E-state index in [1.165, 1.54) is 88.3 Å². The normalized spacial score (nSPS) is 15.2. The van der Waals surface area contributed by atoms with Crippen LogP contribution in [0.1, 0.15) is 49.9 Å². The van der Waals surface area contributed by atoms with Crippen molar-refractivity contribution in [3.8, 4) is 44.5 Å². The molecule has 0 fully saturated rings. The molecule has 0 amide bonds. The van der Waals surface area contributed by atoms with Gasteiger partial charge < -0.3 is 0 Å². The van der Waals surface area contributed by atoms with Crippen molar-refractivity contribution in [2.45, 2.75) is 38.5 Å². The summed E-state index contributed by atoms with van der Waals surface area (Å²) in [6, 6.07) is 43.1. The van der Waals surface area contributed by atoms with Gasteiger partial charge in [0.05, 0.1) is 0 Å². The van der Waals surface area contributed by atoms with Gasteiger partial charge >= 0.3 is 0 Å². The Balaban J connectivity index is 1.31. The second kappa shape index (κ2) is 8.77. The molecule has 7 aromatic rings. The Kier molecular flexibility index (Phi) is 5.08. The molecule has 0 bridgehead atoms. The van der Waals surface area contributed by atoms with Crippen molar-refractivity contribution >= 4 is 21.5 Å². The minimum atomic E-state index is -0.0550. The van der Waals surface area contributed by atoms with Gasteiger partial charge in [0.25, 0.3) is 0 Å². The van der Waals surface area contributed by atoms with Crippen LogP contribution in [0.4, 0.5) is 0 Å². The first-order chi connectivity index (χ1) is 21.4. The number of aromatic nitrogens is 1. The average molecular weight is 564 g/mol. The quantitative estimate of drug-likeness (QED) is 0.191. The summed E-state index contributed by atoms with van der Waals surface area (Å²) < 4.78 is 0. The molecule has 0 saturated carbocycles. The Hall–Kier alpha value is -5.01. The van der Waals surface area contributed by atoms with E-state index in [4.69, 9.17) is 0 Å². The molecule has 2 aliphatic carbocycles. The van der Waals surface area contributed by atoms with E-state index in [0.717, 1.165) is 0 Å². The lowest BCUT2D eigenvalue weighted by molar-refractivity contribution is 0.660. The van der Waals surface area contributed by atoms with Crippen LogP contribution >= 0.6 is 0 Å². The average Bonchev–Trinajstić information content (AvgIpc) is 3.42.